The third kappa shape index (κ3) is 2.31. The Labute approximate surface area is 74.0 Å². The van der Waals surface area contributed by atoms with Crippen molar-refractivity contribution in [2.24, 2.45) is 0 Å². The monoisotopic (exact) mass is 189 g/mol. The summed E-state index contributed by atoms with van der Waals surface area (Å²) in [6, 6.07) is 0. The lowest BCUT2D eigenvalue weighted by molar-refractivity contribution is -0.145. The summed E-state index contributed by atoms with van der Waals surface area (Å²) in [6.45, 7) is 4.73. The molecule has 0 spiro atoms. The molecule has 68 valence electrons. The topological polar surface area (TPSA) is 67.2 Å². The second-order valence-electron chi connectivity index (χ2n) is 2.59. The van der Waals surface area contributed by atoms with Crippen LogP contribution in [0.2, 0.25) is 0 Å². The maximum Gasteiger partial charge on any atom is 0.325 e. The van der Waals surface area contributed by atoms with Crippen molar-refractivity contribution in [3.63, 3.8) is 0 Å². The van der Waals surface area contributed by atoms with Crippen LogP contribution in [0, 0.1) is 10.7 Å². The van der Waals surface area contributed by atoms with E-state index in [0.29, 0.717) is 0 Å². The van der Waals surface area contributed by atoms with Crippen LogP contribution in [0.1, 0.15) is 20.8 Å². The summed E-state index contributed by atoms with van der Waals surface area (Å²) in [5, 5.41) is 9.85. The molecule has 0 fully saturated rings. The predicted octanol–water partition coefficient (Wildman–Crippen LogP) is 0.558. The van der Waals surface area contributed by atoms with Crippen LogP contribution in [-0.2, 0) is 20.3 Å². The van der Waals surface area contributed by atoms with Gasteiger partial charge in [-0.3, -0.25) is 4.79 Å². The highest BCUT2D eigenvalue weighted by molar-refractivity contribution is 7.91. The minimum absolute atomic E-state index is 0.227. The summed E-state index contributed by atoms with van der Waals surface area (Å²) < 4.78 is 14.4. The summed E-state index contributed by atoms with van der Waals surface area (Å²) in [5.74, 6) is -0.607. The molecule has 0 rings (SSSR count). The van der Waals surface area contributed by atoms with Gasteiger partial charge in [-0.2, -0.15) is 5.26 Å². The van der Waals surface area contributed by atoms with Gasteiger partial charge in [0.25, 0.3) is 0 Å². The van der Waals surface area contributed by atoms with E-state index < -0.39 is 21.5 Å². The van der Waals surface area contributed by atoms with Crippen LogP contribution in [0.5, 0.6) is 0 Å². The first-order valence-electron chi connectivity index (χ1n) is 3.45. The maximum absolute atomic E-state index is 11.1. The molecule has 1 unspecified atom stereocenters. The van der Waals surface area contributed by atoms with Crippen LogP contribution in [0.4, 0.5) is 0 Å². The second-order valence-corrected chi connectivity index (χ2v) is 4.33. The first-order chi connectivity index (χ1) is 5.46. The van der Waals surface area contributed by atoms with Crippen molar-refractivity contribution in [2.75, 3.05) is 6.61 Å². The van der Waals surface area contributed by atoms with E-state index >= 15 is 0 Å². The van der Waals surface area contributed by atoms with Crippen LogP contribution in [-0.4, -0.2) is 21.5 Å². The van der Waals surface area contributed by atoms with Gasteiger partial charge in [0.1, 0.15) is 10.8 Å². The van der Waals surface area contributed by atoms with Gasteiger partial charge in [-0.15, -0.1) is 0 Å². The average Bonchev–Trinajstić information content (AvgIpc) is 2.03. The molecule has 0 N–H and O–H groups in total. The fraction of sp³-hybridized carbons (Fsp3) is 0.714. The second kappa shape index (κ2) is 4.21. The lowest BCUT2D eigenvalue weighted by Crippen LogP contribution is -2.37. The van der Waals surface area contributed by atoms with E-state index in [1.807, 2.05) is 0 Å². The van der Waals surface area contributed by atoms with Crippen LogP contribution < -0.4 is 0 Å². The molecule has 0 aliphatic rings. The summed E-state index contributed by atoms with van der Waals surface area (Å²) in [6.07, 6.45) is 0. The minimum atomic E-state index is -1.84. The number of esters is 1. The highest BCUT2D eigenvalue weighted by Crippen LogP contribution is 2.14. The summed E-state index contributed by atoms with van der Waals surface area (Å²) in [4.78, 5) is 11.1. The molecule has 0 radical (unpaired) electrons. The largest absolute Gasteiger partial charge is 0.465 e. The first kappa shape index (κ1) is 11.1. The molecule has 0 aromatic heterocycles. The van der Waals surface area contributed by atoms with Crippen molar-refractivity contribution in [2.45, 2.75) is 25.5 Å². The normalized spacial score (nSPS) is 13.2. The molecule has 1 atom stereocenters. The molecular weight excluding hydrogens is 178 g/mol. The van der Waals surface area contributed by atoms with Gasteiger partial charge < -0.3 is 4.74 Å². The zero-order valence-corrected chi connectivity index (χ0v) is 8.10. The van der Waals surface area contributed by atoms with Gasteiger partial charge in [-0.25, -0.2) is 4.21 Å². The number of carbonyl (C=O) groups is 1. The van der Waals surface area contributed by atoms with E-state index in [2.05, 4.69) is 4.74 Å². The van der Waals surface area contributed by atoms with Gasteiger partial charge in [0.05, 0.1) is 6.61 Å². The fourth-order valence-electron chi connectivity index (χ4n) is 0.495. The van der Waals surface area contributed by atoms with Crippen molar-refractivity contribution in [1.29, 1.82) is 5.26 Å². The Morgan fingerprint density at radius 2 is 2.17 bits per heavy atom. The molecule has 0 heterocycles. The molecule has 0 bridgehead atoms. The molecule has 0 saturated carbocycles. The number of hydrogen-bond acceptors (Lipinski definition) is 4. The number of ether oxygens (including phenoxy) is 1. The molecule has 4 nitrogen and oxygen atoms in total. The van der Waals surface area contributed by atoms with Crippen molar-refractivity contribution >= 4 is 16.8 Å². The Kier molecular flexibility index (Phi) is 3.90. The van der Waals surface area contributed by atoms with Crippen LogP contribution in [0.3, 0.4) is 0 Å². The molecule has 0 aliphatic carbocycles. The fourth-order valence-corrected chi connectivity index (χ4v) is 0.933. The molecule has 0 amide bonds. The highest BCUT2D eigenvalue weighted by Gasteiger charge is 2.36. The van der Waals surface area contributed by atoms with Crippen molar-refractivity contribution in [3.8, 4) is 5.40 Å². The number of rotatable bonds is 3. The SMILES string of the molecule is CCOC(=O)C(C)(C)S(=O)C#N. The zero-order valence-electron chi connectivity index (χ0n) is 7.29. The van der Waals surface area contributed by atoms with Gasteiger partial charge in [-0.1, -0.05) is 0 Å². The molecule has 0 saturated heterocycles. The lowest BCUT2D eigenvalue weighted by atomic mass is 10.2. The highest BCUT2D eigenvalue weighted by atomic mass is 32.2. The van der Waals surface area contributed by atoms with Crippen molar-refractivity contribution in [3.05, 3.63) is 0 Å². The maximum atomic E-state index is 11.1. The number of carbonyl (C=O) groups excluding carboxylic acids is 1. The minimum Gasteiger partial charge on any atom is -0.465 e. The van der Waals surface area contributed by atoms with Gasteiger partial charge in [0, 0.05) is 0 Å². The first-order valence-corrected chi connectivity index (χ1v) is 4.60. The number of hydrogen-bond donors (Lipinski definition) is 0. The summed E-state index contributed by atoms with van der Waals surface area (Å²) >= 11 is 0. The molecule has 5 heteroatoms. The van der Waals surface area contributed by atoms with Crippen molar-refractivity contribution < 1.29 is 13.7 Å². The Balaban J connectivity index is 4.52. The Hall–Kier alpha value is -0.890. The van der Waals surface area contributed by atoms with E-state index in [4.69, 9.17) is 5.26 Å². The van der Waals surface area contributed by atoms with Crippen LogP contribution in [0.25, 0.3) is 0 Å². The van der Waals surface area contributed by atoms with Crippen molar-refractivity contribution in [1.82, 2.24) is 0 Å². The van der Waals surface area contributed by atoms with Gasteiger partial charge in [0.2, 0.25) is 0 Å². The van der Waals surface area contributed by atoms with E-state index in [0.717, 1.165) is 0 Å². The smallest absolute Gasteiger partial charge is 0.325 e. The van der Waals surface area contributed by atoms with Gasteiger partial charge in [-0.05, 0) is 20.8 Å². The molecule has 0 aromatic rings. The zero-order chi connectivity index (χ0) is 9.78. The average molecular weight is 189 g/mol. The number of thiocyanates is 1. The number of nitrogens with zero attached hydrogens (tertiary/aromatic N) is 1. The molecular formula is C7H11NO3S. The van der Waals surface area contributed by atoms with E-state index in [1.165, 1.54) is 19.2 Å². The van der Waals surface area contributed by atoms with Gasteiger partial charge in [0.15, 0.2) is 10.1 Å². The quantitative estimate of drug-likeness (QED) is 0.480. The Morgan fingerprint density at radius 1 is 1.67 bits per heavy atom. The third-order valence-corrected chi connectivity index (χ3v) is 2.57. The van der Waals surface area contributed by atoms with Crippen LogP contribution in [0.15, 0.2) is 0 Å². The molecule has 0 aromatic carbocycles. The summed E-state index contributed by atoms with van der Waals surface area (Å²) in [7, 11) is -1.84. The number of nitriles is 1. The van der Waals surface area contributed by atoms with Crippen LogP contribution >= 0.6 is 0 Å². The van der Waals surface area contributed by atoms with Gasteiger partial charge >= 0.3 is 5.97 Å². The lowest BCUT2D eigenvalue weighted by Gasteiger charge is -2.16. The molecule has 12 heavy (non-hydrogen) atoms. The van der Waals surface area contributed by atoms with E-state index in [-0.39, 0.29) is 6.61 Å². The van der Waals surface area contributed by atoms with E-state index in [1.54, 1.807) is 6.92 Å². The summed E-state index contributed by atoms with van der Waals surface area (Å²) in [5.41, 5.74) is 0. The Morgan fingerprint density at radius 3 is 2.50 bits per heavy atom. The van der Waals surface area contributed by atoms with E-state index in [9.17, 15) is 9.00 Å². The standard InChI is InChI=1S/C7H11NO3S/c1-4-11-6(9)7(2,3)12(10)5-8/h4H2,1-3H3. The predicted molar refractivity (Wildman–Crippen MR) is 44.5 cm³/mol. The Bertz CT molecular complexity index is 242. The molecule has 0 aliphatic heterocycles. The third-order valence-electron chi connectivity index (χ3n) is 1.31.